The summed E-state index contributed by atoms with van der Waals surface area (Å²) in [5.41, 5.74) is 0.895. The number of benzene rings is 1. The molecule has 12 heavy (non-hydrogen) atoms. The molecule has 0 fully saturated rings. The Morgan fingerprint density at radius 3 is 2.75 bits per heavy atom. The second kappa shape index (κ2) is 3.20. The molecule has 1 nitrogen and oxygen atoms in total. The lowest BCUT2D eigenvalue weighted by Crippen LogP contribution is -1.62. The maximum atomic E-state index is 5.79. The SMILES string of the molecule is C.Cc1cc2cc(Cl)ccc2o1. The number of aryl methyl sites for hydroxylation is 1. The summed E-state index contributed by atoms with van der Waals surface area (Å²) in [6.45, 7) is 1.92. The van der Waals surface area contributed by atoms with Gasteiger partial charge in [0.05, 0.1) is 0 Å². The first kappa shape index (κ1) is 9.14. The molecule has 0 aliphatic heterocycles. The van der Waals surface area contributed by atoms with Gasteiger partial charge in [0.15, 0.2) is 0 Å². The van der Waals surface area contributed by atoms with E-state index < -0.39 is 0 Å². The van der Waals surface area contributed by atoms with Gasteiger partial charge in [-0.05, 0) is 31.2 Å². The van der Waals surface area contributed by atoms with Crippen LogP contribution in [0.4, 0.5) is 0 Å². The molecule has 0 aliphatic rings. The quantitative estimate of drug-likeness (QED) is 0.600. The fraction of sp³-hybridized carbons (Fsp3) is 0.200. The van der Waals surface area contributed by atoms with E-state index in [4.69, 9.17) is 16.0 Å². The van der Waals surface area contributed by atoms with Crippen molar-refractivity contribution in [1.82, 2.24) is 0 Å². The molecule has 0 aliphatic carbocycles. The fourth-order valence-electron chi connectivity index (χ4n) is 1.15. The topological polar surface area (TPSA) is 13.1 Å². The average molecular weight is 183 g/mol. The molecule has 0 radical (unpaired) electrons. The summed E-state index contributed by atoms with van der Waals surface area (Å²) in [6, 6.07) is 7.58. The molecule has 0 N–H and O–H groups in total. The molecule has 1 aromatic carbocycles. The van der Waals surface area contributed by atoms with Gasteiger partial charge in [-0.1, -0.05) is 19.0 Å². The van der Waals surface area contributed by atoms with Crippen LogP contribution < -0.4 is 0 Å². The van der Waals surface area contributed by atoms with Gasteiger partial charge in [-0.2, -0.15) is 0 Å². The van der Waals surface area contributed by atoms with Gasteiger partial charge in [-0.25, -0.2) is 0 Å². The Bertz CT molecular complexity index is 390. The zero-order valence-electron chi connectivity index (χ0n) is 6.10. The van der Waals surface area contributed by atoms with Crippen molar-refractivity contribution < 1.29 is 4.42 Å². The van der Waals surface area contributed by atoms with Crippen LogP contribution in [0.25, 0.3) is 11.0 Å². The van der Waals surface area contributed by atoms with E-state index >= 15 is 0 Å². The molecular formula is C10H11ClO. The highest BCUT2D eigenvalue weighted by molar-refractivity contribution is 6.31. The van der Waals surface area contributed by atoms with E-state index in [1.807, 2.05) is 31.2 Å². The monoisotopic (exact) mass is 182 g/mol. The maximum absolute atomic E-state index is 5.79. The van der Waals surface area contributed by atoms with Crippen LogP contribution in [0.5, 0.6) is 0 Å². The zero-order valence-corrected chi connectivity index (χ0v) is 6.85. The van der Waals surface area contributed by atoms with E-state index in [0.717, 1.165) is 21.8 Å². The number of hydrogen-bond donors (Lipinski definition) is 0. The van der Waals surface area contributed by atoms with Gasteiger partial charge in [0.25, 0.3) is 0 Å². The van der Waals surface area contributed by atoms with Crippen LogP contribution in [0, 0.1) is 6.92 Å². The van der Waals surface area contributed by atoms with Crippen molar-refractivity contribution in [1.29, 1.82) is 0 Å². The van der Waals surface area contributed by atoms with E-state index in [2.05, 4.69) is 0 Å². The third-order valence-electron chi connectivity index (χ3n) is 1.60. The fourth-order valence-corrected chi connectivity index (χ4v) is 1.33. The lowest BCUT2D eigenvalue weighted by atomic mass is 10.2. The highest BCUT2D eigenvalue weighted by Gasteiger charge is 1.98. The second-order valence-electron chi connectivity index (χ2n) is 2.54. The van der Waals surface area contributed by atoms with Crippen molar-refractivity contribution in [3.05, 3.63) is 35.0 Å². The summed E-state index contributed by atoms with van der Waals surface area (Å²) < 4.78 is 5.36. The van der Waals surface area contributed by atoms with Crippen molar-refractivity contribution in [3.8, 4) is 0 Å². The molecule has 1 aromatic heterocycles. The highest BCUT2D eigenvalue weighted by Crippen LogP contribution is 2.22. The molecule has 2 aromatic rings. The minimum atomic E-state index is 0. The Morgan fingerprint density at radius 1 is 1.25 bits per heavy atom. The van der Waals surface area contributed by atoms with Crippen LogP contribution >= 0.6 is 11.6 Å². The lowest BCUT2D eigenvalue weighted by Gasteiger charge is -1.87. The first-order chi connectivity index (χ1) is 5.25. The van der Waals surface area contributed by atoms with Crippen molar-refractivity contribution >= 4 is 22.6 Å². The summed E-state index contributed by atoms with van der Waals surface area (Å²) in [4.78, 5) is 0. The Kier molecular flexibility index (Phi) is 2.43. The third kappa shape index (κ3) is 1.46. The summed E-state index contributed by atoms with van der Waals surface area (Å²) in [7, 11) is 0. The first-order valence-corrected chi connectivity index (χ1v) is 3.79. The van der Waals surface area contributed by atoms with Gasteiger partial charge in [0.2, 0.25) is 0 Å². The molecule has 0 atom stereocenters. The van der Waals surface area contributed by atoms with Gasteiger partial charge >= 0.3 is 0 Å². The molecule has 2 rings (SSSR count). The molecule has 1 heterocycles. The van der Waals surface area contributed by atoms with Crippen LogP contribution in [-0.2, 0) is 0 Å². The molecule has 0 spiro atoms. The Balaban J connectivity index is 0.000000720. The van der Waals surface area contributed by atoms with Gasteiger partial charge < -0.3 is 4.42 Å². The van der Waals surface area contributed by atoms with E-state index in [9.17, 15) is 0 Å². The van der Waals surface area contributed by atoms with Crippen LogP contribution in [0.2, 0.25) is 5.02 Å². The summed E-state index contributed by atoms with van der Waals surface area (Å²) in [6.07, 6.45) is 0. The van der Waals surface area contributed by atoms with Crippen LogP contribution in [0.1, 0.15) is 13.2 Å². The minimum Gasteiger partial charge on any atom is -0.461 e. The molecular weight excluding hydrogens is 172 g/mol. The van der Waals surface area contributed by atoms with Crippen LogP contribution in [0.15, 0.2) is 28.7 Å². The molecule has 2 heteroatoms. The van der Waals surface area contributed by atoms with Crippen LogP contribution in [-0.4, -0.2) is 0 Å². The van der Waals surface area contributed by atoms with Gasteiger partial charge in [0.1, 0.15) is 11.3 Å². The zero-order chi connectivity index (χ0) is 7.84. The summed E-state index contributed by atoms with van der Waals surface area (Å²) >= 11 is 5.79. The molecule has 0 amide bonds. The predicted molar refractivity (Wildman–Crippen MR) is 52.7 cm³/mol. The Labute approximate surface area is 76.9 Å². The number of hydrogen-bond acceptors (Lipinski definition) is 1. The average Bonchev–Trinajstić information content (AvgIpc) is 2.27. The molecule has 0 unspecified atom stereocenters. The summed E-state index contributed by atoms with van der Waals surface area (Å²) in [5.74, 6) is 0.919. The number of halogens is 1. The molecule has 0 saturated carbocycles. The third-order valence-corrected chi connectivity index (χ3v) is 1.84. The van der Waals surface area contributed by atoms with Crippen molar-refractivity contribution in [2.45, 2.75) is 14.4 Å². The number of fused-ring (bicyclic) bond motifs is 1. The number of furan rings is 1. The van der Waals surface area contributed by atoms with E-state index in [0.29, 0.717) is 0 Å². The molecule has 0 bridgehead atoms. The van der Waals surface area contributed by atoms with Gasteiger partial charge in [-0.15, -0.1) is 0 Å². The van der Waals surface area contributed by atoms with E-state index in [1.165, 1.54) is 0 Å². The van der Waals surface area contributed by atoms with E-state index in [1.54, 1.807) is 0 Å². The van der Waals surface area contributed by atoms with Gasteiger partial charge in [-0.3, -0.25) is 0 Å². The largest absolute Gasteiger partial charge is 0.461 e. The lowest BCUT2D eigenvalue weighted by molar-refractivity contribution is 0.578. The summed E-state index contributed by atoms with van der Waals surface area (Å²) in [5, 5.41) is 1.81. The van der Waals surface area contributed by atoms with Crippen molar-refractivity contribution in [2.24, 2.45) is 0 Å². The Hall–Kier alpha value is -0.950. The standard InChI is InChI=1S/C9H7ClO.CH4/c1-6-4-7-5-8(10)2-3-9(7)11-6;/h2-5H,1H3;1H4. The van der Waals surface area contributed by atoms with Crippen LogP contribution in [0.3, 0.4) is 0 Å². The maximum Gasteiger partial charge on any atom is 0.134 e. The molecule has 0 saturated heterocycles. The number of rotatable bonds is 0. The molecule has 64 valence electrons. The highest BCUT2D eigenvalue weighted by atomic mass is 35.5. The van der Waals surface area contributed by atoms with Gasteiger partial charge in [0, 0.05) is 10.4 Å². The minimum absolute atomic E-state index is 0. The van der Waals surface area contributed by atoms with Crippen molar-refractivity contribution in [2.75, 3.05) is 0 Å². The smallest absolute Gasteiger partial charge is 0.134 e. The predicted octanol–water partition coefficient (Wildman–Crippen LogP) is 4.03. The van der Waals surface area contributed by atoms with E-state index in [-0.39, 0.29) is 7.43 Å². The first-order valence-electron chi connectivity index (χ1n) is 3.41. The van der Waals surface area contributed by atoms with Crippen molar-refractivity contribution in [3.63, 3.8) is 0 Å². The second-order valence-corrected chi connectivity index (χ2v) is 2.98. The Morgan fingerprint density at radius 2 is 2.00 bits per heavy atom. The normalized spacial score (nSPS) is 9.83.